The van der Waals surface area contributed by atoms with Crippen molar-refractivity contribution in [2.45, 2.75) is 39.7 Å². The van der Waals surface area contributed by atoms with Gasteiger partial charge in [-0.15, -0.1) is 0 Å². The summed E-state index contributed by atoms with van der Waals surface area (Å²) < 4.78 is 15.6. The van der Waals surface area contributed by atoms with Crippen LogP contribution in [0.15, 0.2) is 0 Å². The van der Waals surface area contributed by atoms with Crippen LogP contribution in [0.3, 0.4) is 0 Å². The lowest BCUT2D eigenvalue weighted by Crippen LogP contribution is -2.32. The SMILES string of the molecule is CC(=O)CCOCCNC(=O)CCOCCNC(=O)COC(C)C. The lowest BCUT2D eigenvalue weighted by molar-refractivity contribution is -0.127. The van der Waals surface area contributed by atoms with E-state index in [4.69, 9.17) is 14.2 Å². The van der Waals surface area contributed by atoms with Crippen LogP contribution in [0.2, 0.25) is 0 Å². The van der Waals surface area contributed by atoms with Crippen molar-refractivity contribution in [3.8, 4) is 0 Å². The van der Waals surface area contributed by atoms with Crippen molar-refractivity contribution in [1.82, 2.24) is 10.6 Å². The number of hydrogen-bond donors (Lipinski definition) is 2. The third-order valence-corrected chi connectivity index (χ3v) is 2.76. The Morgan fingerprint density at radius 2 is 1.38 bits per heavy atom. The first kappa shape index (κ1) is 22.5. The summed E-state index contributed by atoms with van der Waals surface area (Å²) in [5, 5.41) is 5.35. The standard InChI is InChI=1S/C16H30N2O6/c1-13(2)24-12-16(21)18-7-11-23-9-5-15(20)17-6-10-22-8-4-14(3)19/h13H,4-12H2,1-3H3,(H,17,20)(H,18,21). The highest BCUT2D eigenvalue weighted by Crippen LogP contribution is 1.87. The Labute approximate surface area is 143 Å². The summed E-state index contributed by atoms with van der Waals surface area (Å²) in [7, 11) is 0. The number of ether oxygens (including phenoxy) is 3. The second-order valence-corrected chi connectivity index (χ2v) is 5.49. The van der Waals surface area contributed by atoms with Crippen LogP contribution < -0.4 is 10.6 Å². The number of ketones is 1. The minimum atomic E-state index is -0.185. The molecule has 2 N–H and O–H groups in total. The van der Waals surface area contributed by atoms with Gasteiger partial charge < -0.3 is 24.8 Å². The van der Waals surface area contributed by atoms with Gasteiger partial charge in [0, 0.05) is 25.9 Å². The molecule has 0 atom stereocenters. The van der Waals surface area contributed by atoms with Gasteiger partial charge in [-0.3, -0.25) is 14.4 Å². The molecule has 0 aromatic carbocycles. The third kappa shape index (κ3) is 16.9. The summed E-state index contributed by atoms with van der Waals surface area (Å²) in [6, 6.07) is 0. The van der Waals surface area contributed by atoms with E-state index in [1.165, 1.54) is 6.92 Å². The van der Waals surface area contributed by atoms with E-state index in [-0.39, 0.29) is 43.3 Å². The van der Waals surface area contributed by atoms with E-state index < -0.39 is 0 Å². The van der Waals surface area contributed by atoms with E-state index in [1.54, 1.807) is 0 Å². The van der Waals surface area contributed by atoms with Gasteiger partial charge in [-0.2, -0.15) is 0 Å². The molecule has 0 aliphatic heterocycles. The molecule has 8 heteroatoms. The van der Waals surface area contributed by atoms with Crippen molar-refractivity contribution >= 4 is 17.6 Å². The van der Waals surface area contributed by atoms with Crippen molar-refractivity contribution < 1.29 is 28.6 Å². The average molecular weight is 346 g/mol. The van der Waals surface area contributed by atoms with Crippen LogP contribution in [-0.2, 0) is 28.6 Å². The molecular weight excluding hydrogens is 316 g/mol. The molecule has 0 fully saturated rings. The van der Waals surface area contributed by atoms with Gasteiger partial charge in [-0.1, -0.05) is 0 Å². The van der Waals surface area contributed by atoms with Gasteiger partial charge in [0.1, 0.15) is 12.4 Å². The quantitative estimate of drug-likeness (QED) is 0.406. The Bertz CT molecular complexity index is 374. The first-order chi connectivity index (χ1) is 11.4. The van der Waals surface area contributed by atoms with Gasteiger partial charge in [0.25, 0.3) is 0 Å². The summed E-state index contributed by atoms with van der Waals surface area (Å²) in [4.78, 5) is 33.5. The molecule has 0 rings (SSSR count). The highest BCUT2D eigenvalue weighted by molar-refractivity contribution is 5.77. The highest BCUT2D eigenvalue weighted by atomic mass is 16.5. The molecule has 2 amide bonds. The minimum Gasteiger partial charge on any atom is -0.379 e. The first-order valence-electron chi connectivity index (χ1n) is 8.21. The molecule has 8 nitrogen and oxygen atoms in total. The third-order valence-electron chi connectivity index (χ3n) is 2.76. The van der Waals surface area contributed by atoms with Gasteiger partial charge >= 0.3 is 0 Å². The number of hydrogen-bond acceptors (Lipinski definition) is 6. The summed E-state index contributed by atoms with van der Waals surface area (Å²) in [6.45, 7) is 7.44. The van der Waals surface area contributed by atoms with Crippen LogP contribution in [-0.4, -0.2) is 69.8 Å². The van der Waals surface area contributed by atoms with Crippen molar-refractivity contribution in [3.63, 3.8) is 0 Å². The van der Waals surface area contributed by atoms with Gasteiger partial charge in [-0.05, 0) is 20.8 Å². The van der Waals surface area contributed by atoms with Gasteiger partial charge in [-0.25, -0.2) is 0 Å². The largest absolute Gasteiger partial charge is 0.379 e. The predicted octanol–water partition coefficient (Wildman–Crippen LogP) is 0.0462. The fraction of sp³-hybridized carbons (Fsp3) is 0.812. The second-order valence-electron chi connectivity index (χ2n) is 5.49. The molecule has 0 spiro atoms. The van der Waals surface area contributed by atoms with E-state index >= 15 is 0 Å². The zero-order valence-electron chi connectivity index (χ0n) is 14.9. The Morgan fingerprint density at radius 1 is 0.833 bits per heavy atom. The molecule has 0 aliphatic carbocycles. The van der Waals surface area contributed by atoms with E-state index in [2.05, 4.69) is 10.6 Å². The van der Waals surface area contributed by atoms with Crippen LogP contribution in [0.25, 0.3) is 0 Å². The van der Waals surface area contributed by atoms with Gasteiger partial charge in [0.15, 0.2) is 0 Å². The molecule has 0 radical (unpaired) electrons. The van der Waals surface area contributed by atoms with E-state index in [9.17, 15) is 14.4 Å². The predicted molar refractivity (Wildman–Crippen MR) is 88.7 cm³/mol. The van der Waals surface area contributed by atoms with Crippen molar-refractivity contribution in [1.29, 1.82) is 0 Å². The molecule has 0 aliphatic rings. The second kappa shape index (κ2) is 15.0. The smallest absolute Gasteiger partial charge is 0.246 e. The van der Waals surface area contributed by atoms with Crippen molar-refractivity contribution in [2.24, 2.45) is 0 Å². The summed E-state index contributed by atoms with van der Waals surface area (Å²) >= 11 is 0. The van der Waals surface area contributed by atoms with Crippen LogP contribution >= 0.6 is 0 Å². The van der Waals surface area contributed by atoms with Gasteiger partial charge in [0.05, 0.1) is 32.5 Å². The average Bonchev–Trinajstić information content (AvgIpc) is 2.51. The maximum Gasteiger partial charge on any atom is 0.246 e. The fourth-order valence-corrected chi connectivity index (χ4v) is 1.49. The van der Waals surface area contributed by atoms with Crippen LogP contribution in [0.5, 0.6) is 0 Å². The lowest BCUT2D eigenvalue weighted by atomic mass is 10.3. The molecule has 0 saturated heterocycles. The van der Waals surface area contributed by atoms with Crippen molar-refractivity contribution in [2.75, 3.05) is 46.1 Å². The minimum absolute atomic E-state index is 0.0186. The monoisotopic (exact) mass is 346 g/mol. The molecule has 0 saturated carbocycles. The van der Waals surface area contributed by atoms with Crippen LogP contribution in [0.1, 0.15) is 33.6 Å². The van der Waals surface area contributed by atoms with Gasteiger partial charge in [0.2, 0.25) is 11.8 Å². The molecule has 0 heterocycles. The Hall–Kier alpha value is -1.51. The first-order valence-corrected chi connectivity index (χ1v) is 8.21. The van der Waals surface area contributed by atoms with Crippen molar-refractivity contribution in [3.05, 3.63) is 0 Å². The number of Topliss-reactive ketones (excluding diaryl/α,β-unsaturated/α-hetero) is 1. The maximum atomic E-state index is 11.5. The molecule has 0 aromatic rings. The number of rotatable bonds is 15. The summed E-state index contributed by atoms with van der Waals surface area (Å²) in [5.41, 5.74) is 0. The topological polar surface area (TPSA) is 103 Å². The maximum absolute atomic E-state index is 11.5. The molecule has 0 bridgehead atoms. The van der Waals surface area contributed by atoms with Crippen LogP contribution in [0, 0.1) is 0 Å². The molecule has 24 heavy (non-hydrogen) atoms. The Morgan fingerprint density at radius 3 is 1.92 bits per heavy atom. The summed E-state index contributed by atoms with van der Waals surface area (Å²) in [6.07, 6.45) is 0.657. The van der Waals surface area contributed by atoms with E-state index in [0.29, 0.717) is 39.3 Å². The van der Waals surface area contributed by atoms with Crippen LogP contribution in [0.4, 0.5) is 0 Å². The van der Waals surface area contributed by atoms with E-state index in [0.717, 1.165) is 0 Å². The molecular formula is C16H30N2O6. The number of carbonyl (C=O) groups is 3. The fourth-order valence-electron chi connectivity index (χ4n) is 1.49. The molecule has 140 valence electrons. The molecule has 0 unspecified atom stereocenters. The zero-order chi connectivity index (χ0) is 18.2. The summed E-state index contributed by atoms with van der Waals surface area (Å²) in [5.74, 6) is -0.228. The van der Waals surface area contributed by atoms with E-state index in [1.807, 2.05) is 13.8 Å². The lowest BCUT2D eigenvalue weighted by Gasteiger charge is -2.09. The Balaban J connectivity index is 3.34. The number of carbonyl (C=O) groups excluding carboxylic acids is 3. The zero-order valence-corrected chi connectivity index (χ0v) is 14.9. The number of amides is 2. The normalized spacial score (nSPS) is 10.7. The Kier molecular flexibility index (Phi) is 14.1. The number of nitrogens with one attached hydrogen (secondary N) is 2. The highest BCUT2D eigenvalue weighted by Gasteiger charge is 2.03. The molecule has 0 aromatic heterocycles.